The van der Waals surface area contributed by atoms with Crippen molar-refractivity contribution in [3.05, 3.63) is 59.4 Å². The van der Waals surface area contributed by atoms with Crippen LogP contribution in [0, 0.1) is 0 Å². The number of aliphatic imine (C=N–C) groups is 1. The topological polar surface area (TPSA) is 58.5 Å². The normalized spacial score (nSPS) is 12.6. The van der Waals surface area contributed by atoms with E-state index in [1.54, 1.807) is 40.1 Å². The molecule has 0 saturated heterocycles. The third-order valence-electron chi connectivity index (χ3n) is 3.88. The van der Waals surface area contributed by atoms with Crippen molar-refractivity contribution in [3.63, 3.8) is 0 Å². The number of hydrogen-bond acceptors (Lipinski definition) is 3. The summed E-state index contributed by atoms with van der Waals surface area (Å²) in [5, 5.41) is 6.01. The van der Waals surface area contributed by atoms with Crippen molar-refractivity contribution < 1.29 is 17.9 Å². The first-order chi connectivity index (χ1) is 13.6. The van der Waals surface area contributed by atoms with Gasteiger partial charge in [-0.1, -0.05) is 12.1 Å². The van der Waals surface area contributed by atoms with E-state index in [9.17, 15) is 13.2 Å². The van der Waals surface area contributed by atoms with Gasteiger partial charge in [-0.05, 0) is 50.6 Å². The van der Waals surface area contributed by atoms with Crippen LogP contribution in [0.3, 0.4) is 0 Å². The average Bonchev–Trinajstić information content (AvgIpc) is 2.64. The number of guanidine groups is 1. The van der Waals surface area contributed by atoms with E-state index in [0.717, 1.165) is 11.8 Å². The van der Waals surface area contributed by atoms with Gasteiger partial charge in [0.15, 0.2) is 5.96 Å². The third-order valence-corrected chi connectivity index (χ3v) is 3.88. The van der Waals surface area contributed by atoms with Gasteiger partial charge < -0.3 is 15.4 Å². The molecule has 0 amide bonds. The largest absolute Gasteiger partial charge is 0.488 e. The lowest BCUT2D eigenvalue weighted by Crippen LogP contribution is -2.38. The first-order valence-corrected chi connectivity index (χ1v) is 9.32. The minimum Gasteiger partial charge on any atom is -0.488 e. The van der Waals surface area contributed by atoms with Gasteiger partial charge in [0.25, 0.3) is 0 Å². The number of ether oxygens (including phenoxy) is 1. The molecular formula is C21H27F3N4O. The van der Waals surface area contributed by atoms with E-state index in [0.29, 0.717) is 18.9 Å². The second kappa shape index (κ2) is 9.62. The van der Waals surface area contributed by atoms with E-state index in [-0.39, 0.29) is 17.9 Å². The van der Waals surface area contributed by atoms with E-state index in [1.165, 1.54) is 6.07 Å². The van der Waals surface area contributed by atoms with Crippen molar-refractivity contribution in [1.29, 1.82) is 0 Å². The molecule has 1 heterocycles. The van der Waals surface area contributed by atoms with Crippen LogP contribution in [0.4, 0.5) is 13.2 Å². The Morgan fingerprint density at radius 2 is 1.86 bits per heavy atom. The van der Waals surface area contributed by atoms with Gasteiger partial charge in [-0.15, -0.1) is 0 Å². The highest BCUT2D eigenvalue weighted by Crippen LogP contribution is 2.35. The minimum atomic E-state index is -4.48. The summed E-state index contributed by atoms with van der Waals surface area (Å²) < 4.78 is 46.1. The van der Waals surface area contributed by atoms with Gasteiger partial charge >= 0.3 is 6.18 Å². The average molecular weight is 408 g/mol. The molecule has 0 radical (unpaired) electrons. The number of benzene rings is 1. The highest BCUT2D eigenvalue weighted by atomic mass is 19.4. The zero-order valence-electron chi connectivity index (χ0n) is 17.1. The van der Waals surface area contributed by atoms with Crippen LogP contribution >= 0.6 is 0 Å². The molecule has 1 aromatic carbocycles. The van der Waals surface area contributed by atoms with Crippen molar-refractivity contribution >= 4 is 5.96 Å². The van der Waals surface area contributed by atoms with Crippen molar-refractivity contribution in [2.75, 3.05) is 13.6 Å². The Bertz CT molecular complexity index is 815. The van der Waals surface area contributed by atoms with Gasteiger partial charge in [0.2, 0.25) is 0 Å². The minimum absolute atomic E-state index is 0.0199. The van der Waals surface area contributed by atoms with Crippen LogP contribution in [0.15, 0.2) is 47.6 Å². The van der Waals surface area contributed by atoms with Crippen LogP contribution in [0.5, 0.6) is 5.75 Å². The van der Waals surface area contributed by atoms with Gasteiger partial charge in [0, 0.05) is 38.4 Å². The molecular weight excluding hydrogens is 381 g/mol. The van der Waals surface area contributed by atoms with E-state index in [4.69, 9.17) is 4.74 Å². The fraction of sp³-hybridized carbons (Fsp3) is 0.429. The molecule has 0 unspecified atom stereocenters. The molecule has 0 aliphatic carbocycles. The number of nitrogens with zero attached hydrogens (tertiary/aromatic N) is 2. The van der Waals surface area contributed by atoms with Crippen LogP contribution in [0.2, 0.25) is 0 Å². The lowest BCUT2D eigenvalue weighted by Gasteiger charge is -2.23. The Balaban J connectivity index is 2.01. The van der Waals surface area contributed by atoms with Gasteiger partial charge in [-0.3, -0.25) is 9.98 Å². The van der Waals surface area contributed by atoms with Gasteiger partial charge in [0.1, 0.15) is 11.4 Å². The molecule has 29 heavy (non-hydrogen) atoms. The fourth-order valence-electron chi connectivity index (χ4n) is 2.65. The summed E-state index contributed by atoms with van der Waals surface area (Å²) in [6, 6.07) is 9.68. The smallest absolute Gasteiger partial charge is 0.416 e. The molecule has 2 aromatic rings. The number of hydrogen-bond donors (Lipinski definition) is 2. The van der Waals surface area contributed by atoms with Crippen LogP contribution in [-0.2, 0) is 19.1 Å². The number of nitrogens with one attached hydrogen (secondary N) is 2. The Labute approximate surface area is 169 Å². The summed E-state index contributed by atoms with van der Waals surface area (Å²) in [4.78, 5) is 8.29. The Hall–Kier alpha value is -2.77. The third kappa shape index (κ3) is 7.63. The molecule has 0 atom stereocenters. The standard InChI is InChI=1S/C21H27F3N4O/c1-20(2,3)29-17-9-8-15(18(13-17)21(22,23)24)14-28-19(25-4)27-12-10-16-7-5-6-11-26-16/h5-9,11,13H,10,12,14H2,1-4H3,(H2,25,27,28). The SMILES string of the molecule is CN=C(NCCc1ccccn1)NCc1ccc(OC(C)(C)C)cc1C(F)(F)F. The fourth-order valence-corrected chi connectivity index (χ4v) is 2.65. The quantitative estimate of drug-likeness (QED) is 0.556. The molecule has 158 valence electrons. The first kappa shape index (κ1) is 22.5. The summed E-state index contributed by atoms with van der Waals surface area (Å²) in [5.74, 6) is 0.607. The number of aromatic nitrogens is 1. The summed E-state index contributed by atoms with van der Waals surface area (Å²) >= 11 is 0. The molecule has 0 saturated carbocycles. The van der Waals surface area contributed by atoms with Crippen LogP contribution in [-0.4, -0.2) is 30.1 Å². The molecule has 0 aliphatic rings. The van der Waals surface area contributed by atoms with Crippen molar-refractivity contribution in [2.24, 2.45) is 4.99 Å². The second-order valence-corrected chi connectivity index (χ2v) is 7.45. The molecule has 0 fully saturated rings. The molecule has 8 heteroatoms. The maximum atomic E-state index is 13.5. The number of alkyl halides is 3. The molecule has 0 aliphatic heterocycles. The predicted molar refractivity (Wildman–Crippen MR) is 108 cm³/mol. The summed E-state index contributed by atoms with van der Waals surface area (Å²) in [5.41, 5.74) is -0.270. The van der Waals surface area contributed by atoms with E-state index in [1.807, 2.05) is 18.2 Å². The molecule has 0 bridgehead atoms. The van der Waals surface area contributed by atoms with Gasteiger partial charge in [-0.25, -0.2) is 0 Å². The maximum Gasteiger partial charge on any atom is 0.416 e. The van der Waals surface area contributed by atoms with Crippen molar-refractivity contribution in [1.82, 2.24) is 15.6 Å². The summed E-state index contributed by atoms with van der Waals surface area (Å²) in [6.45, 7) is 5.90. The van der Waals surface area contributed by atoms with E-state index < -0.39 is 17.3 Å². The van der Waals surface area contributed by atoms with E-state index in [2.05, 4.69) is 20.6 Å². The van der Waals surface area contributed by atoms with Crippen LogP contribution in [0.1, 0.15) is 37.6 Å². The zero-order valence-corrected chi connectivity index (χ0v) is 17.1. The van der Waals surface area contributed by atoms with Crippen molar-refractivity contribution in [3.8, 4) is 5.75 Å². The monoisotopic (exact) mass is 408 g/mol. The molecule has 0 spiro atoms. The predicted octanol–water partition coefficient (Wildman–Crippen LogP) is 4.19. The molecule has 2 rings (SSSR count). The van der Waals surface area contributed by atoms with Gasteiger partial charge in [-0.2, -0.15) is 13.2 Å². The van der Waals surface area contributed by atoms with Crippen molar-refractivity contribution in [2.45, 2.75) is 45.5 Å². The Morgan fingerprint density at radius 3 is 2.45 bits per heavy atom. The van der Waals surface area contributed by atoms with Crippen LogP contribution in [0.25, 0.3) is 0 Å². The Kier molecular flexibility index (Phi) is 7.47. The number of rotatable bonds is 6. The molecule has 1 aromatic heterocycles. The zero-order chi connectivity index (χ0) is 21.5. The molecule has 2 N–H and O–H groups in total. The Morgan fingerprint density at radius 1 is 1.10 bits per heavy atom. The highest BCUT2D eigenvalue weighted by Gasteiger charge is 2.34. The van der Waals surface area contributed by atoms with E-state index >= 15 is 0 Å². The molecule has 5 nitrogen and oxygen atoms in total. The second-order valence-electron chi connectivity index (χ2n) is 7.45. The maximum absolute atomic E-state index is 13.5. The van der Waals surface area contributed by atoms with Gasteiger partial charge in [0.05, 0.1) is 5.56 Å². The highest BCUT2D eigenvalue weighted by molar-refractivity contribution is 5.79. The number of pyridine rings is 1. The lowest BCUT2D eigenvalue weighted by atomic mass is 10.1. The van der Waals surface area contributed by atoms with Crippen LogP contribution < -0.4 is 15.4 Å². The lowest BCUT2D eigenvalue weighted by molar-refractivity contribution is -0.138. The number of halogens is 3. The summed E-state index contributed by atoms with van der Waals surface area (Å²) in [6.07, 6.45) is -2.09. The first-order valence-electron chi connectivity index (χ1n) is 9.32. The summed E-state index contributed by atoms with van der Waals surface area (Å²) in [7, 11) is 1.57.